The van der Waals surface area contributed by atoms with Crippen LogP contribution in [0.1, 0.15) is 35.5 Å². The molecule has 2 bridgehead atoms. The van der Waals surface area contributed by atoms with Crippen LogP contribution < -0.4 is 5.32 Å². The van der Waals surface area contributed by atoms with Gasteiger partial charge < -0.3 is 29.0 Å². The minimum atomic E-state index is -0.977. The molecule has 0 saturated carbocycles. The van der Waals surface area contributed by atoms with Gasteiger partial charge in [-0.15, -0.1) is 0 Å². The number of carbonyl (C=O) groups is 1. The third-order valence-corrected chi connectivity index (χ3v) is 8.20. The first-order valence-corrected chi connectivity index (χ1v) is 11.7. The number of hydrogen-bond donors (Lipinski definition) is 2. The highest BCUT2D eigenvalue weighted by Gasteiger charge is 2.53. The molecule has 3 aliphatic heterocycles. The van der Waals surface area contributed by atoms with Gasteiger partial charge >= 0.3 is 0 Å². The number of hydrogen-bond acceptors (Lipinski definition) is 4. The summed E-state index contributed by atoms with van der Waals surface area (Å²) in [5.74, 6) is -0.0433. The molecule has 3 aromatic carbocycles. The van der Waals surface area contributed by atoms with E-state index in [9.17, 15) is 9.90 Å². The molecule has 1 amide bonds. The lowest BCUT2D eigenvalue weighted by atomic mass is 9.95. The standard InChI is InChI=1S/C27H23N3O4/c1-27-25(33-2)18(31)11-19(34-27)29-16-9-5-3-7-13(16)20-15-12-28-26(32)22(15)21-14-8-4-6-10-17(14)30(27)24(21)23(20)29/h3-10,18-19,25,31H,11-12H2,1-2H3,(H,28,32)/t18-,19-,25+,27+/m1/s1. The van der Waals surface area contributed by atoms with Gasteiger partial charge in [-0.1, -0.05) is 36.4 Å². The minimum absolute atomic E-state index is 0.0433. The molecule has 34 heavy (non-hydrogen) atoms. The van der Waals surface area contributed by atoms with Crippen LogP contribution in [0.5, 0.6) is 0 Å². The van der Waals surface area contributed by atoms with E-state index >= 15 is 0 Å². The topological polar surface area (TPSA) is 77.7 Å². The number of nitrogens with one attached hydrogen (secondary N) is 1. The highest BCUT2D eigenvalue weighted by Crippen LogP contribution is 2.53. The van der Waals surface area contributed by atoms with Crippen molar-refractivity contribution in [3.8, 4) is 0 Å². The number of carbonyl (C=O) groups excluding carboxylic acids is 1. The molecule has 5 heterocycles. The number of aliphatic hydroxyl groups is 1. The van der Waals surface area contributed by atoms with Crippen molar-refractivity contribution >= 4 is 49.5 Å². The summed E-state index contributed by atoms with van der Waals surface area (Å²) in [6, 6.07) is 16.4. The number of fused-ring (bicyclic) bond motifs is 13. The van der Waals surface area contributed by atoms with Gasteiger partial charge in [0.25, 0.3) is 5.91 Å². The summed E-state index contributed by atoms with van der Waals surface area (Å²) >= 11 is 0. The Labute approximate surface area is 194 Å². The van der Waals surface area contributed by atoms with Crippen LogP contribution in [-0.2, 0) is 21.7 Å². The molecule has 0 radical (unpaired) electrons. The van der Waals surface area contributed by atoms with Crippen LogP contribution in [0, 0.1) is 0 Å². The molecule has 8 rings (SSSR count). The third-order valence-electron chi connectivity index (χ3n) is 8.20. The van der Waals surface area contributed by atoms with Gasteiger partial charge in [-0.3, -0.25) is 4.79 Å². The molecule has 4 atom stereocenters. The Hall–Kier alpha value is -3.39. The smallest absolute Gasteiger partial charge is 0.252 e. The Morgan fingerprint density at radius 2 is 1.76 bits per heavy atom. The van der Waals surface area contributed by atoms with Crippen molar-refractivity contribution in [2.75, 3.05) is 7.11 Å². The molecular formula is C27H23N3O4. The number of amides is 1. The number of methoxy groups -OCH3 is 1. The average molecular weight is 453 g/mol. The first kappa shape index (κ1) is 19.0. The SMILES string of the molecule is CO[C@H]1[C@H](O)C[C@H]2O[C@]1(C)n1c3ccccc3c3c4c(c5c6ccccc6n2c5c31)CNC4=O. The number of aliphatic hydroxyl groups excluding tert-OH is 1. The molecule has 3 aliphatic rings. The summed E-state index contributed by atoms with van der Waals surface area (Å²) in [4.78, 5) is 13.3. The van der Waals surface area contributed by atoms with Crippen molar-refractivity contribution in [1.29, 1.82) is 0 Å². The quantitative estimate of drug-likeness (QED) is 0.400. The van der Waals surface area contributed by atoms with Crippen LogP contribution in [0.25, 0.3) is 43.6 Å². The van der Waals surface area contributed by atoms with E-state index in [1.807, 2.05) is 31.2 Å². The second-order valence-corrected chi connectivity index (χ2v) is 9.81. The Bertz CT molecular complexity index is 1730. The predicted octanol–water partition coefficient (Wildman–Crippen LogP) is 4.13. The van der Waals surface area contributed by atoms with E-state index in [0.29, 0.717) is 13.0 Å². The van der Waals surface area contributed by atoms with Crippen LogP contribution in [-0.4, -0.2) is 39.5 Å². The van der Waals surface area contributed by atoms with Crippen LogP contribution in [0.15, 0.2) is 48.5 Å². The Morgan fingerprint density at radius 1 is 1.06 bits per heavy atom. The molecule has 7 heteroatoms. The number of rotatable bonds is 1. The van der Waals surface area contributed by atoms with Crippen LogP contribution in [0.3, 0.4) is 0 Å². The van der Waals surface area contributed by atoms with E-state index in [1.165, 1.54) is 0 Å². The summed E-state index contributed by atoms with van der Waals surface area (Å²) in [7, 11) is 1.62. The third kappa shape index (κ3) is 1.92. The first-order valence-electron chi connectivity index (χ1n) is 11.7. The van der Waals surface area contributed by atoms with Gasteiger partial charge in [0.05, 0.1) is 33.7 Å². The largest absolute Gasteiger partial charge is 0.390 e. The molecular weight excluding hydrogens is 430 g/mol. The fourth-order valence-corrected chi connectivity index (χ4v) is 7.03. The second kappa shape index (κ2) is 5.99. The first-order chi connectivity index (χ1) is 16.5. The summed E-state index contributed by atoms with van der Waals surface area (Å²) in [6.07, 6.45) is -1.25. The Balaban J connectivity index is 1.75. The highest BCUT2D eigenvalue weighted by atomic mass is 16.6. The zero-order valence-electron chi connectivity index (χ0n) is 18.8. The Morgan fingerprint density at radius 3 is 2.53 bits per heavy atom. The number of para-hydroxylation sites is 2. The van der Waals surface area contributed by atoms with Gasteiger partial charge in [-0.25, -0.2) is 0 Å². The lowest BCUT2D eigenvalue weighted by molar-refractivity contribution is -0.278. The van der Waals surface area contributed by atoms with Crippen molar-refractivity contribution in [1.82, 2.24) is 14.5 Å². The number of benzene rings is 3. The summed E-state index contributed by atoms with van der Waals surface area (Å²) < 4.78 is 17.2. The van der Waals surface area contributed by atoms with Crippen molar-refractivity contribution in [3.05, 3.63) is 59.7 Å². The molecule has 5 aromatic rings. The van der Waals surface area contributed by atoms with Crippen molar-refractivity contribution in [2.45, 2.75) is 44.1 Å². The van der Waals surface area contributed by atoms with Gasteiger partial charge in [-0.2, -0.15) is 0 Å². The number of aromatic nitrogens is 2. The zero-order valence-corrected chi connectivity index (χ0v) is 18.8. The highest BCUT2D eigenvalue weighted by molar-refractivity contribution is 6.31. The Kier molecular flexibility index (Phi) is 3.34. The van der Waals surface area contributed by atoms with Gasteiger partial charge in [-0.05, 0) is 24.6 Å². The van der Waals surface area contributed by atoms with Crippen LogP contribution >= 0.6 is 0 Å². The van der Waals surface area contributed by atoms with E-state index in [1.54, 1.807) is 7.11 Å². The lowest BCUT2D eigenvalue weighted by Gasteiger charge is -2.46. The molecule has 2 N–H and O–H groups in total. The van der Waals surface area contributed by atoms with Gasteiger partial charge in [0, 0.05) is 41.6 Å². The van der Waals surface area contributed by atoms with Crippen LogP contribution in [0.4, 0.5) is 0 Å². The van der Waals surface area contributed by atoms with E-state index in [0.717, 1.165) is 54.7 Å². The van der Waals surface area contributed by atoms with Crippen molar-refractivity contribution in [2.24, 2.45) is 0 Å². The molecule has 1 fully saturated rings. The molecule has 7 nitrogen and oxygen atoms in total. The second-order valence-electron chi connectivity index (χ2n) is 9.81. The van der Waals surface area contributed by atoms with E-state index in [-0.39, 0.29) is 12.1 Å². The monoisotopic (exact) mass is 453 g/mol. The normalized spacial score (nSPS) is 27.7. The van der Waals surface area contributed by atoms with Crippen LogP contribution in [0.2, 0.25) is 0 Å². The van der Waals surface area contributed by atoms with Crippen molar-refractivity contribution < 1.29 is 19.4 Å². The van der Waals surface area contributed by atoms with Crippen molar-refractivity contribution in [3.63, 3.8) is 0 Å². The lowest BCUT2D eigenvalue weighted by Crippen LogP contribution is -2.56. The molecule has 0 aliphatic carbocycles. The number of nitrogens with zero attached hydrogens (tertiary/aromatic N) is 2. The fourth-order valence-electron chi connectivity index (χ4n) is 7.03. The van der Waals surface area contributed by atoms with Gasteiger partial charge in [0.2, 0.25) is 0 Å². The predicted molar refractivity (Wildman–Crippen MR) is 129 cm³/mol. The molecule has 1 saturated heterocycles. The average Bonchev–Trinajstić information content (AvgIpc) is 3.46. The van der Waals surface area contributed by atoms with Gasteiger partial charge in [0.15, 0.2) is 5.72 Å². The minimum Gasteiger partial charge on any atom is -0.390 e. The molecule has 170 valence electrons. The zero-order chi connectivity index (χ0) is 22.9. The van der Waals surface area contributed by atoms with E-state index in [2.05, 4.69) is 38.7 Å². The summed E-state index contributed by atoms with van der Waals surface area (Å²) in [5, 5.41) is 18.5. The van der Waals surface area contributed by atoms with E-state index < -0.39 is 17.9 Å². The number of ether oxygens (including phenoxy) is 2. The fraction of sp³-hybridized carbons (Fsp3) is 0.296. The maximum atomic E-state index is 13.3. The maximum Gasteiger partial charge on any atom is 0.252 e. The summed E-state index contributed by atoms with van der Waals surface area (Å²) in [5.41, 5.74) is 4.83. The summed E-state index contributed by atoms with van der Waals surface area (Å²) in [6.45, 7) is 2.50. The molecule has 2 aromatic heterocycles. The van der Waals surface area contributed by atoms with E-state index in [4.69, 9.17) is 9.47 Å². The molecule has 0 spiro atoms. The maximum absolute atomic E-state index is 13.3. The van der Waals surface area contributed by atoms with Gasteiger partial charge in [0.1, 0.15) is 12.3 Å². The molecule has 0 unspecified atom stereocenters.